The molecule has 100 valence electrons. The van der Waals surface area contributed by atoms with Crippen molar-refractivity contribution in [3.8, 4) is 0 Å². The van der Waals surface area contributed by atoms with Gasteiger partial charge < -0.3 is 5.32 Å². The third-order valence-corrected chi connectivity index (χ3v) is 4.91. The molecule has 1 nitrogen and oxygen atoms in total. The molecule has 2 rings (SSSR count). The molecule has 0 aromatic heterocycles. The van der Waals surface area contributed by atoms with Crippen molar-refractivity contribution in [3.05, 3.63) is 33.3 Å². The predicted molar refractivity (Wildman–Crippen MR) is 82.3 cm³/mol. The summed E-state index contributed by atoms with van der Waals surface area (Å²) in [6, 6.07) is 6.81. The summed E-state index contributed by atoms with van der Waals surface area (Å²) in [5.74, 6) is 0. The monoisotopic (exact) mass is 329 g/mol. The molecule has 1 aromatic rings. The molecule has 0 saturated heterocycles. The second-order valence-electron chi connectivity index (χ2n) is 5.45. The molecule has 3 heteroatoms. The highest BCUT2D eigenvalue weighted by Crippen LogP contribution is 2.52. The zero-order valence-electron chi connectivity index (χ0n) is 11.1. The van der Waals surface area contributed by atoms with Gasteiger partial charge in [0, 0.05) is 15.5 Å². The summed E-state index contributed by atoms with van der Waals surface area (Å²) in [7, 11) is 0. The predicted octanol–water partition coefficient (Wildman–Crippen LogP) is 4.81. The Hall–Kier alpha value is -0.0500. The van der Waals surface area contributed by atoms with Gasteiger partial charge in [0.1, 0.15) is 0 Å². The maximum Gasteiger partial charge on any atom is 0.0449 e. The van der Waals surface area contributed by atoms with E-state index in [-0.39, 0.29) is 0 Å². The number of hydrogen-bond donors (Lipinski definition) is 1. The number of nitrogens with one attached hydrogen (secondary N) is 1. The Morgan fingerprint density at radius 2 is 2.17 bits per heavy atom. The third-order valence-electron chi connectivity index (χ3n) is 4.07. The SMILES string of the molecule is CCCNC(C)C1(Cc2ccc(Br)cc2Cl)CC1. The van der Waals surface area contributed by atoms with Crippen LogP contribution in [0.1, 0.15) is 38.7 Å². The Labute approximate surface area is 123 Å². The fourth-order valence-electron chi connectivity index (χ4n) is 2.55. The van der Waals surface area contributed by atoms with Crippen molar-refractivity contribution in [2.24, 2.45) is 5.41 Å². The van der Waals surface area contributed by atoms with Gasteiger partial charge in [0.05, 0.1) is 0 Å². The van der Waals surface area contributed by atoms with E-state index in [1.807, 2.05) is 6.07 Å². The Balaban J connectivity index is 2.04. The summed E-state index contributed by atoms with van der Waals surface area (Å²) < 4.78 is 1.05. The van der Waals surface area contributed by atoms with Crippen LogP contribution in [0.3, 0.4) is 0 Å². The Bertz CT molecular complexity index is 415. The van der Waals surface area contributed by atoms with Crippen LogP contribution in [0.5, 0.6) is 0 Å². The molecule has 0 aliphatic heterocycles. The van der Waals surface area contributed by atoms with Crippen LogP contribution in [-0.2, 0) is 6.42 Å². The molecule has 18 heavy (non-hydrogen) atoms. The average molecular weight is 331 g/mol. The maximum atomic E-state index is 6.32. The lowest BCUT2D eigenvalue weighted by molar-refractivity contribution is 0.350. The van der Waals surface area contributed by atoms with Gasteiger partial charge in [0.2, 0.25) is 0 Å². The van der Waals surface area contributed by atoms with Crippen molar-refractivity contribution < 1.29 is 0 Å². The first kappa shape index (κ1) is 14.4. The zero-order chi connectivity index (χ0) is 13.2. The molecule has 0 amide bonds. The summed E-state index contributed by atoms with van der Waals surface area (Å²) >= 11 is 9.78. The summed E-state index contributed by atoms with van der Waals surface area (Å²) in [5, 5.41) is 4.52. The van der Waals surface area contributed by atoms with E-state index in [1.54, 1.807) is 0 Å². The highest BCUT2D eigenvalue weighted by molar-refractivity contribution is 9.10. The van der Waals surface area contributed by atoms with Gasteiger partial charge in [0.15, 0.2) is 0 Å². The van der Waals surface area contributed by atoms with Crippen LogP contribution in [0.15, 0.2) is 22.7 Å². The summed E-state index contributed by atoms with van der Waals surface area (Å²) in [5.41, 5.74) is 1.72. The second kappa shape index (κ2) is 5.94. The van der Waals surface area contributed by atoms with E-state index in [4.69, 9.17) is 11.6 Å². The van der Waals surface area contributed by atoms with Gasteiger partial charge in [-0.25, -0.2) is 0 Å². The van der Waals surface area contributed by atoms with Crippen molar-refractivity contribution in [1.29, 1.82) is 0 Å². The van der Waals surface area contributed by atoms with E-state index >= 15 is 0 Å². The molecule has 0 heterocycles. The lowest BCUT2D eigenvalue weighted by Gasteiger charge is -2.25. The number of halogens is 2. The number of rotatable bonds is 6. The average Bonchev–Trinajstić information content (AvgIpc) is 3.11. The first-order valence-corrected chi connectivity index (χ1v) is 7.92. The fraction of sp³-hybridized carbons (Fsp3) is 0.600. The molecular formula is C15H21BrClN. The molecule has 1 aromatic carbocycles. The van der Waals surface area contributed by atoms with E-state index in [0.717, 1.165) is 22.5 Å². The van der Waals surface area contributed by atoms with Crippen LogP contribution < -0.4 is 5.32 Å². The quantitative estimate of drug-likeness (QED) is 0.789. The molecule has 0 bridgehead atoms. The van der Waals surface area contributed by atoms with E-state index < -0.39 is 0 Å². The van der Waals surface area contributed by atoms with E-state index in [2.05, 4.69) is 47.2 Å². The van der Waals surface area contributed by atoms with Crippen LogP contribution in [0, 0.1) is 5.41 Å². The van der Waals surface area contributed by atoms with Gasteiger partial charge in [-0.15, -0.1) is 0 Å². The van der Waals surface area contributed by atoms with Crippen molar-refractivity contribution in [3.63, 3.8) is 0 Å². The first-order chi connectivity index (χ1) is 8.57. The Morgan fingerprint density at radius 1 is 1.44 bits per heavy atom. The van der Waals surface area contributed by atoms with Crippen molar-refractivity contribution in [2.45, 2.75) is 45.6 Å². The highest BCUT2D eigenvalue weighted by Gasteiger charge is 2.47. The lowest BCUT2D eigenvalue weighted by atomic mass is 9.89. The van der Waals surface area contributed by atoms with E-state index in [9.17, 15) is 0 Å². The zero-order valence-corrected chi connectivity index (χ0v) is 13.4. The second-order valence-corrected chi connectivity index (χ2v) is 6.77. The van der Waals surface area contributed by atoms with Crippen LogP contribution in [0.25, 0.3) is 0 Å². The van der Waals surface area contributed by atoms with E-state index in [0.29, 0.717) is 11.5 Å². The number of hydrogen-bond acceptors (Lipinski definition) is 1. The molecule has 1 saturated carbocycles. The standard InChI is InChI=1S/C15H21BrClN/c1-3-8-18-11(2)15(6-7-15)10-12-4-5-13(16)9-14(12)17/h4-5,9,11,18H,3,6-8,10H2,1-2H3. The summed E-state index contributed by atoms with van der Waals surface area (Å²) in [6.07, 6.45) is 4.92. The summed E-state index contributed by atoms with van der Waals surface area (Å²) in [6.45, 7) is 5.64. The van der Waals surface area contributed by atoms with Crippen LogP contribution in [-0.4, -0.2) is 12.6 Å². The Morgan fingerprint density at radius 3 is 2.72 bits per heavy atom. The minimum Gasteiger partial charge on any atom is -0.314 e. The largest absolute Gasteiger partial charge is 0.314 e. The minimum atomic E-state index is 0.437. The molecule has 1 aliphatic rings. The lowest BCUT2D eigenvalue weighted by Crippen LogP contribution is -2.36. The molecule has 1 atom stereocenters. The van der Waals surface area contributed by atoms with Crippen LogP contribution >= 0.6 is 27.5 Å². The third kappa shape index (κ3) is 3.28. The Kier molecular flexibility index (Phi) is 4.74. The van der Waals surface area contributed by atoms with Gasteiger partial charge in [-0.2, -0.15) is 0 Å². The molecule has 1 N–H and O–H groups in total. The molecule has 0 spiro atoms. The normalized spacial score (nSPS) is 18.7. The minimum absolute atomic E-state index is 0.437. The van der Waals surface area contributed by atoms with Crippen molar-refractivity contribution in [2.75, 3.05) is 6.54 Å². The van der Waals surface area contributed by atoms with Crippen molar-refractivity contribution >= 4 is 27.5 Å². The van der Waals surface area contributed by atoms with Gasteiger partial charge in [0.25, 0.3) is 0 Å². The van der Waals surface area contributed by atoms with Crippen LogP contribution in [0.2, 0.25) is 5.02 Å². The highest BCUT2D eigenvalue weighted by atomic mass is 79.9. The molecular weight excluding hydrogens is 310 g/mol. The molecule has 0 radical (unpaired) electrons. The van der Waals surface area contributed by atoms with Gasteiger partial charge in [-0.05, 0) is 62.3 Å². The fourth-order valence-corrected chi connectivity index (χ4v) is 3.29. The van der Waals surface area contributed by atoms with Gasteiger partial charge in [-0.3, -0.25) is 0 Å². The van der Waals surface area contributed by atoms with Gasteiger partial charge in [-0.1, -0.05) is 40.5 Å². The molecule has 1 unspecified atom stereocenters. The molecule has 1 fully saturated rings. The van der Waals surface area contributed by atoms with Gasteiger partial charge >= 0.3 is 0 Å². The number of benzene rings is 1. The van der Waals surface area contributed by atoms with E-state index in [1.165, 1.54) is 24.8 Å². The van der Waals surface area contributed by atoms with Crippen LogP contribution in [0.4, 0.5) is 0 Å². The molecule has 1 aliphatic carbocycles. The summed E-state index contributed by atoms with van der Waals surface area (Å²) in [4.78, 5) is 0. The smallest absolute Gasteiger partial charge is 0.0449 e. The maximum absolute atomic E-state index is 6.32. The first-order valence-electron chi connectivity index (χ1n) is 6.75. The van der Waals surface area contributed by atoms with Crippen molar-refractivity contribution in [1.82, 2.24) is 5.32 Å². The topological polar surface area (TPSA) is 12.0 Å².